The maximum Gasteiger partial charge on any atom is 0.154 e. The molecule has 2 nitrogen and oxygen atoms in total. The topological polar surface area (TPSA) is 30.2 Å². The summed E-state index contributed by atoms with van der Waals surface area (Å²) in [5.41, 5.74) is 2.75. The molecule has 2 rings (SSSR count). The van der Waals surface area contributed by atoms with E-state index in [1.807, 2.05) is 25.1 Å². The van der Waals surface area contributed by atoms with Crippen molar-refractivity contribution in [3.63, 3.8) is 0 Å². The first kappa shape index (κ1) is 8.05. The van der Waals surface area contributed by atoms with Crippen LogP contribution in [0.5, 0.6) is 0 Å². The van der Waals surface area contributed by atoms with Crippen molar-refractivity contribution >= 4 is 6.29 Å². The Labute approximate surface area is 76.5 Å². The molecule has 66 valence electrons. The van der Waals surface area contributed by atoms with Gasteiger partial charge in [0.1, 0.15) is 5.76 Å². The van der Waals surface area contributed by atoms with Crippen molar-refractivity contribution < 1.29 is 9.21 Å². The molecule has 0 spiro atoms. The first-order valence-corrected chi connectivity index (χ1v) is 4.31. The number of fused-ring (bicyclic) bond motifs is 1. The van der Waals surface area contributed by atoms with Gasteiger partial charge in [0, 0.05) is 5.56 Å². The van der Waals surface area contributed by atoms with Crippen LogP contribution in [0.15, 0.2) is 28.9 Å². The summed E-state index contributed by atoms with van der Waals surface area (Å²) < 4.78 is 5.28. The van der Waals surface area contributed by atoms with Gasteiger partial charge in [-0.05, 0) is 30.2 Å². The van der Waals surface area contributed by atoms with Crippen LogP contribution in [0.4, 0.5) is 0 Å². The number of carbonyl (C=O) groups excluding carboxylic acids is 1. The fourth-order valence-electron chi connectivity index (χ4n) is 1.56. The minimum Gasteiger partial charge on any atom is -0.464 e. The van der Waals surface area contributed by atoms with E-state index >= 15 is 0 Å². The second-order valence-corrected chi connectivity index (χ2v) is 2.95. The number of aryl methyl sites for hydroxylation is 1. The van der Waals surface area contributed by atoms with Crippen LogP contribution in [0.3, 0.4) is 0 Å². The van der Waals surface area contributed by atoms with Gasteiger partial charge in [0.2, 0.25) is 0 Å². The van der Waals surface area contributed by atoms with E-state index in [0.29, 0.717) is 11.3 Å². The highest BCUT2D eigenvalue weighted by Crippen LogP contribution is 2.30. The molecule has 0 aromatic rings. The maximum atomic E-state index is 10.8. The third-order valence-electron chi connectivity index (χ3n) is 2.22. The predicted octanol–water partition coefficient (Wildman–Crippen LogP) is 2.76. The number of hydrogen-bond donors (Lipinski definition) is 0. The molecule has 0 radical (unpaired) electrons. The standard InChI is InChI=1S/C11H10O2/c1-2-8-6-9-4-3-5-13-11(9)10(8)7-12/h3-7H,2H2,1H3. The Morgan fingerprint density at radius 2 is 2.38 bits per heavy atom. The van der Waals surface area contributed by atoms with Crippen LogP contribution in [-0.4, -0.2) is 6.29 Å². The summed E-state index contributed by atoms with van der Waals surface area (Å²) in [6.07, 6.45) is 3.32. The van der Waals surface area contributed by atoms with Crippen LogP contribution < -0.4 is 0 Å². The zero-order chi connectivity index (χ0) is 9.26. The molecular weight excluding hydrogens is 164 g/mol. The van der Waals surface area contributed by atoms with Crippen molar-refractivity contribution in [3.8, 4) is 11.3 Å². The molecule has 0 saturated carbocycles. The lowest BCUT2D eigenvalue weighted by atomic mass is 10.1. The van der Waals surface area contributed by atoms with Crippen molar-refractivity contribution in [1.82, 2.24) is 0 Å². The lowest BCUT2D eigenvalue weighted by Gasteiger charge is -1.96. The highest BCUT2D eigenvalue weighted by Gasteiger charge is 2.15. The van der Waals surface area contributed by atoms with E-state index in [1.54, 1.807) is 6.26 Å². The molecule has 2 heteroatoms. The van der Waals surface area contributed by atoms with Crippen molar-refractivity contribution in [2.45, 2.75) is 13.3 Å². The number of rotatable bonds is 2. The second kappa shape index (κ2) is 3.05. The summed E-state index contributed by atoms with van der Waals surface area (Å²) in [6, 6.07) is 5.78. The van der Waals surface area contributed by atoms with Crippen LogP contribution in [0.1, 0.15) is 22.8 Å². The van der Waals surface area contributed by atoms with Gasteiger partial charge in [-0.1, -0.05) is 6.92 Å². The van der Waals surface area contributed by atoms with Gasteiger partial charge in [-0.25, -0.2) is 0 Å². The average Bonchev–Trinajstić information content (AvgIpc) is 2.55. The minimum atomic E-state index is 0.693. The highest BCUT2D eigenvalue weighted by atomic mass is 16.3. The van der Waals surface area contributed by atoms with Gasteiger partial charge in [0.15, 0.2) is 6.29 Å². The summed E-state index contributed by atoms with van der Waals surface area (Å²) in [4.78, 5) is 10.8. The van der Waals surface area contributed by atoms with Crippen molar-refractivity contribution in [2.75, 3.05) is 0 Å². The first-order chi connectivity index (χ1) is 6.36. The molecule has 1 aliphatic heterocycles. The molecule has 0 bridgehead atoms. The molecule has 13 heavy (non-hydrogen) atoms. The van der Waals surface area contributed by atoms with Crippen molar-refractivity contribution in [2.24, 2.45) is 0 Å². The Hall–Kier alpha value is -1.57. The fraction of sp³-hybridized carbons (Fsp3) is 0.182. The van der Waals surface area contributed by atoms with Crippen LogP contribution in [0.25, 0.3) is 11.3 Å². The Morgan fingerprint density at radius 1 is 1.54 bits per heavy atom. The summed E-state index contributed by atoms with van der Waals surface area (Å²) in [5.74, 6) is 0.703. The largest absolute Gasteiger partial charge is 0.464 e. The highest BCUT2D eigenvalue weighted by molar-refractivity contribution is 5.89. The lowest BCUT2D eigenvalue weighted by Crippen LogP contribution is -1.84. The predicted molar refractivity (Wildman–Crippen MR) is 50.1 cm³/mol. The summed E-state index contributed by atoms with van der Waals surface area (Å²) in [6.45, 7) is 2.03. The first-order valence-electron chi connectivity index (χ1n) is 4.31. The van der Waals surface area contributed by atoms with Gasteiger partial charge in [-0.15, -0.1) is 0 Å². The molecule has 1 aliphatic carbocycles. The molecule has 2 aliphatic rings. The number of aldehydes is 1. The summed E-state index contributed by atoms with van der Waals surface area (Å²) >= 11 is 0. The van der Waals surface area contributed by atoms with E-state index in [-0.39, 0.29) is 0 Å². The normalized spacial score (nSPS) is 10.5. The van der Waals surface area contributed by atoms with Crippen LogP contribution in [0, 0.1) is 0 Å². The quantitative estimate of drug-likeness (QED) is 0.655. The van der Waals surface area contributed by atoms with Crippen LogP contribution >= 0.6 is 0 Å². The molecule has 1 heterocycles. The van der Waals surface area contributed by atoms with Gasteiger partial charge in [0.25, 0.3) is 0 Å². The second-order valence-electron chi connectivity index (χ2n) is 2.95. The van der Waals surface area contributed by atoms with Gasteiger partial charge < -0.3 is 4.42 Å². The monoisotopic (exact) mass is 174 g/mol. The van der Waals surface area contributed by atoms with E-state index in [1.165, 1.54) is 0 Å². The smallest absolute Gasteiger partial charge is 0.154 e. The van der Waals surface area contributed by atoms with Crippen LogP contribution in [0.2, 0.25) is 0 Å². The van der Waals surface area contributed by atoms with Crippen molar-refractivity contribution in [3.05, 3.63) is 35.6 Å². The molecule has 0 N–H and O–H groups in total. The number of carbonyl (C=O) groups is 1. The SMILES string of the molecule is CCc1cc2cccoc-2c1C=O. The summed E-state index contributed by atoms with van der Waals surface area (Å²) in [5, 5.41) is 0. The summed E-state index contributed by atoms with van der Waals surface area (Å²) in [7, 11) is 0. The van der Waals surface area contributed by atoms with Gasteiger partial charge in [0.05, 0.1) is 11.8 Å². The van der Waals surface area contributed by atoms with Gasteiger partial charge in [-0.3, -0.25) is 4.79 Å². The van der Waals surface area contributed by atoms with E-state index in [4.69, 9.17) is 4.42 Å². The Kier molecular flexibility index (Phi) is 1.89. The average molecular weight is 174 g/mol. The lowest BCUT2D eigenvalue weighted by molar-refractivity contribution is 0.112. The molecule has 0 fully saturated rings. The van der Waals surface area contributed by atoms with Gasteiger partial charge >= 0.3 is 0 Å². The van der Waals surface area contributed by atoms with E-state index in [9.17, 15) is 4.79 Å². The molecular formula is C11H10O2. The van der Waals surface area contributed by atoms with Crippen LogP contribution in [-0.2, 0) is 6.42 Å². The Balaban J connectivity index is 2.72. The maximum absolute atomic E-state index is 10.8. The Morgan fingerprint density at radius 3 is 3.08 bits per heavy atom. The van der Waals surface area contributed by atoms with Crippen molar-refractivity contribution in [1.29, 1.82) is 0 Å². The van der Waals surface area contributed by atoms with E-state index in [0.717, 1.165) is 23.8 Å². The van der Waals surface area contributed by atoms with E-state index < -0.39 is 0 Å². The third kappa shape index (κ3) is 1.15. The molecule has 0 amide bonds. The minimum absolute atomic E-state index is 0.693. The molecule has 0 saturated heterocycles. The molecule has 0 aromatic heterocycles. The molecule has 0 unspecified atom stereocenters. The zero-order valence-electron chi connectivity index (χ0n) is 7.41. The number of hydrogen-bond acceptors (Lipinski definition) is 2. The van der Waals surface area contributed by atoms with Gasteiger partial charge in [-0.2, -0.15) is 0 Å². The Bertz CT molecular complexity index is 401. The fourth-order valence-corrected chi connectivity index (χ4v) is 1.56. The third-order valence-corrected chi connectivity index (χ3v) is 2.22. The van der Waals surface area contributed by atoms with E-state index in [2.05, 4.69) is 0 Å². The molecule has 0 aromatic carbocycles. The molecule has 0 atom stereocenters. The zero-order valence-corrected chi connectivity index (χ0v) is 7.41.